The van der Waals surface area contributed by atoms with Crippen molar-refractivity contribution in [1.82, 2.24) is 5.32 Å². The zero-order valence-corrected chi connectivity index (χ0v) is 10.9. The van der Waals surface area contributed by atoms with Gasteiger partial charge in [-0.05, 0) is 32.4 Å². The molecular formula is C13H19NOS. The van der Waals surface area contributed by atoms with Gasteiger partial charge in [0.05, 0.1) is 5.75 Å². The van der Waals surface area contributed by atoms with Crippen molar-refractivity contribution in [3.63, 3.8) is 0 Å². The lowest BCUT2D eigenvalue weighted by Gasteiger charge is -2.10. The first-order chi connectivity index (χ1) is 7.61. The molecule has 1 N–H and O–H groups in total. The van der Waals surface area contributed by atoms with Gasteiger partial charge in [0, 0.05) is 10.9 Å². The Morgan fingerprint density at radius 1 is 1.38 bits per heavy atom. The van der Waals surface area contributed by atoms with Gasteiger partial charge < -0.3 is 5.32 Å². The number of rotatable bonds is 5. The summed E-state index contributed by atoms with van der Waals surface area (Å²) in [5.74, 6) is 0.604. The molecule has 16 heavy (non-hydrogen) atoms. The van der Waals surface area contributed by atoms with Crippen molar-refractivity contribution in [2.75, 3.05) is 5.75 Å². The lowest BCUT2D eigenvalue weighted by atomic mass is 10.2. The number of thioether (sulfide) groups is 1. The van der Waals surface area contributed by atoms with E-state index in [-0.39, 0.29) is 11.9 Å². The van der Waals surface area contributed by atoms with Crippen molar-refractivity contribution in [3.05, 3.63) is 29.8 Å². The molecule has 88 valence electrons. The van der Waals surface area contributed by atoms with E-state index < -0.39 is 0 Å². The summed E-state index contributed by atoms with van der Waals surface area (Å²) in [5.41, 5.74) is 1.24. The quantitative estimate of drug-likeness (QED) is 0.798. The van der Waals surface area contributed by atoms with Gasteiger partial charge in [-0.2, -0.15) is 0 Å². The van der Waals surface area contributed by atoms with Gasteiger partial charge in [0.15, 0.2) is 0 Å². The van der Waals surface area contributed by atoms with E-state index in [0.29, 0.717) is 5.75 Å². The SMILES string of the molecule is CC[C@@H](C)NC(=O)CSc1ccc(C)cc1. The molecule has 1 aromatic rings. The monoisotopic (exact) mass is 237 g/mol. The number of benzene rings is 1. The third kappa shape index (κ3) is 4.71. The topological polar surface area (TPSA) is 29.1 Å². The summed E-state index contributed by atoms with van der Waals surface area (Å²) in [6, 6.07) is 8.50. The van der Waals surface area contributed by atoms with Crippen LogP contribution in [0.15, 0.2) is 29.2 Å². The number of aryl methyl sites for hydroxylation is 1. The second-order valence-electron chi connectivity index (χ2n) is 3.98. The van der Waals surface area contributed by atoms with Crippen molar-refractivity contribution in [3.8, 4) is 0 Å². The van der Waals surface area contributed by atoms with Gasteiger partial charge in [-0.1, -0.05) is 24.6 Å². The van der Waals surface area contributed by atoms with Gasteiger partial charge in [0.1, 0.15) is 0 Å². The maximum atomic E-state index is 11.5. The van der Waals surface area contributed by atoms with E-state index in [2.05, 4.69) is 43.4 Å². The molecule has 0 unspecified atom stereocenters. The third-order valence-corrected chi connectivity index (χ3v) is 3.42. The number of carbonyl (C=O) groups is 1. The highest BCUT2D eigenvalue weighted by molar-refractivity contribution is 8.00. The first-order valence-electron chi connectivity index (χ1n) is 5.60. The summed E-state index contributed by atoms with van der Waals surface area (Å²) in [7, 11) is 0. The summed E-state index contributed by atoms with van der Waals surface area (Å²) in [4.78, 5) is 12.7. The minimum absolute atomic E-state index is 0.111. The van der Waals surface area contributed by atoms with Crippen LogP contribution in [0.1, 0.15) is 25.8 Å². The van der Waals surface area contributed by atoms with E-state index >= 15 is 0 Å². The Morgan fingerprint density at radius 2 is 2.00 bits per heavy atom. The number of hydrogen-bond acceptors (Lipinski definition) is 2. The molecule has 1 atom stereocenters. The first-order valence-corrected chi connectivity index (χ1v) is 6.59. The Labute approximate surface area is 102 Å². The minimum atomic E-state index is 0.111. The van der Waals surface area contributed by atoms with Gasteiger partial charge in [0.25, 0.3) is 0 Å². The summed E-state index contributed by atoms with van der Waals surface area (Å²) in [5, 5.41) is 2.95. The van der Waals surface area contributed by atoms with Crippen LogP contribution in [-0.4, -0.2) is 17.7 Å². The molecule has 0 aromatic heterocycles. The molecule has 1 amide bonds. The largest absolute Gasteiger partial charge is 0.353 e. The molecule has 0 aliphatic carbocycles. The molecule has 0 aliphatic rings. The van der Waals surface area contributed by atoms with Gasteiger partial charge in [-0.25, -0.2) is 0 Å². The van der Waals surface area contributed by atoms with Crippen LogP contribution in [0.3, 0.4) is 0 Å². The smallest absolute Gasteiger partial charge is 0.230 e. The van der Waals surface area contributed by atoms with Crippen molar-refractivity contribution in [1.29, 1.82) is 0 Å². The summed E-state index contributed by atoms with van der Waals surface area (Å²) < 4.78 is 0. The van der Waals surface area contributed by atoms with Crippen LogP contribution in [-0.2, 0) is 4.79 Å². The van der Waals surface area contributed by atoms with Crippen LogP contribution in [0, 0.1) is 6.92 Å². The molecule has 0 saturated carbocycles. The predicted molar refractivity (Wildman–Crippen MR) is 69.8 cm³/mol. The molecular weight excluding hydrogens is 218 g/mol. The van der Waals surface area contributed by atoms with Crippen LogP contribution in [0.4, 0.5) is 0 Å². The van der Waals surface area contributed by atoms with Crippen LogP contribution < -0.4 is 5.32 Å². The molecule has 0 saturated heterocycles. The Kier molecular flexibility index (Phi) is 5.39. The molecule has 0 radical (unpaired) electrons. The number of hydrogen-bond donors (Lipinski definition) is 1. The zero-order chi connectivity index (χ0) is 12.0. The Bertz CT molecular complexity index is 334. The maximum Gasteiger partial charge on any atom is 0.230 e. The van der Waals surface area contributed by atoms with E-state index in [1.54, 1.807) is 11.8 Å². The van der Waals surface area contributed by atoms with E-state index in [1.807, 2.05) is 6.92 Å². The second-order valence-corrected chi connectivity index (χ2v) is 5.03. The highest BCUT2D eigenvalue weighted by Gasteiger charge is 2.05. The third-order valence-electron chi connectivity index (χ3n) is 2.41. The highest BCUT2D eigenvalue weighted by Crippen LogP contribution is 2.17. The van der Waals surface area contributed by atoms with Gasteiger partial charge in [0.2, 0.25) is 5.91 Å². The number of nitrogens with one attached hydrogen (secondary N) is 1. The lowest BCUT2D eigenvalue weighted by molar-refractivity contribution is -0.119. The number of amides is 1. The zero-order valence-electron chi connectivity index (χ0n) is 10.1. The minimum Gasteiger partial charge on any atom is -0.353 e. The van der Waals surface area contributed by atoms with E-state index in [0.717, 1.165) is 11.3 Å². The van der Waals surface area contributed by atoms with E-state index in [1.165, 1.54) is 5.56 Å². The van der Waals surface area contributed by atoms with Crippen LogP contribution in [0.25, 0.3) is 0 Å². The summed E-state index contributed by atoms with van der Waals surface area (Å²) >= 11 is 1.58. The van der Waals surface area contributed by atoms with Crippen LogP contribution >= 0.6 is 11.8 Å². The van der Waals surface area contributed by atoms with E-state index in [9.17, 15) is 4.79 Å². The molecule has 0 spiro atoms. The average Bonchev–Trinajstić information content (AvgIpc) is 2.28. The molecule has 2 nitrogen and oxygen atoms in total. The molecule has 1 rings (SSSR count). The molecule has 0 heterocycles. The summed E-state index contributed by atoms with van der Waals surface area (Å²) in [6.07, 6.45) is 0.973. The van der Waals surface area contributed by atoms with Crippen LogP contribution in [0.5, 0.6) is 0 Å². The van der Waals surface area contributed by atoms with Crippen molar-refractivity contribution in [2.24, 2.45) is 0 Å². The summed E-state index contributed by atoms with van der Waals surface area (Å²) in [6.45, 7) is 6.15. The predicted octanol–water partition coefficient (Wildman–Crippen LogP) is 3.00. The van der Waals surface area contributed by atoms with Crippen molar-refractivity contribution >= 4 is 17.7 Å². The molecule has 0 bridgehead atoms. The lowest BCUT2D eigenvalue weighted by Crippen LogP contribution is -2.33. The normalized spacial score (nSPS) is 12.2. The molecule has 3 heteroatoms. The van der Waals surface area contributed by atoms with Gasteiger partial charge in [-0.3, -0.25) is 4.79 Å². The van der Waals surface area contributed by atoms with Gasteiger partial charge in [-0.15, -0.1) is 11.8 Å². The van der Waals surface area contributed by atoms with Gasteiger partial charge >= 0.3 is 0 Å². The standard InChI is InChI=1S/C13H19NOS/c1-4-11(3)14-13(15)9-16-12-7-5-10(2)6-8-12/h5-8,11H,4,9H2,1-3H3,(H,14,15)/t11-/m1/s1. The van der Waals surface area contributed by atoms with Crippen molar-refractivity contribution < 1.29 is 4.79 Å². The average molecular weight is 237 g/mol. The Morgan fingerprint density at radius 3 is 2.56 bits per heavy atom. The fourth-order valence-electron chi connectivity index (χ4n) is 1.20. The second kappa shape index (κ2) is 6.59. The first kappa shape index (κ1) is 13.1. The van der Waals surface area contributed by atoms with Crippen LogP contribution in [0.2, 0.25) is 0 Å². The fraction of sp³-hybridized carbons (Fsp3) is 0.462. The van der Waals surface area contributed by atoms with Crippen molar-refractivity contribution in [2.45, 2.75) is 38.1 Å². The Hall–Kier alpha value is -0.960. The Balaban J connectivity index is 2.34. The fourth-order valence-corrected chi connectivity index (χ4v) is 1.91. The number of carbonyl (C=O) groups excluding carboxylic acids is 1. The van der Waals surface area contributed by atoms with E-state index in [4.69, 9.17) is 0 Å². The highest BCUT2D eigenvalue weighted by atomic mass is 32.2. The molecule has 0 fully saturated rings. The molecule has 1 aromatic carbocycles. The maximum absolute atomic E-state index is 11.5. The molecule has 0 aliphatic heterocycles.